The Morgan fingerprint density at radius 1 is 0.400 bits per heavy atom. The van der Waals surface area contributed by atoms with Crippen LogP contribution < -0.4 is 21.7 Å². The van der Waals surface area contributed by atoms with Crippen LogP contribution in [0.4, 0.5) is 0 Å². The molecule has 12 nitrogen and oxygen atoms in total. The summed E-state index contributed by atoms with van der Waals surface area (Å²) in [5.41, 5.74) is 10.9. The van der Waals surface area contributed by atoms with E-state index >= 15 is 0 Å². The van der Waals surface area contributed by atoms with E-state index < -0.39 is 47.9 Å². The summed E-state index contributed by atoms with van der Waals surface area (Å²) in [5, 5.41) is 20.6. The summed E-state index contributed by atoms with van der Waals surface area (Å²) in [6.45, 7) is 4.47. The normalized spacial score (nSPS) is 11.7. The Labute approximate surface area is 348 Å². The molecule has 0 amide bonds. The largest absolute Gasteiger partial charge is 2.00 e. The van der Waals surface area contributed by atoms with Gasteiger partial charge in [0, 0.05) is 24.8 Å². The number of aliphatic carboxylic acids is 2. The van der Waals surface area contributed by atoms with Crippen LogP contribution in [0.2, 0.25) is 0 Å². The smallest absolute Gasteiger partial charge is 0.550 e. The number of carboxylic acid groups (broad SMARTS) is 2. The molecule has 55 heavy (non-hydrogen) atoms. The fourth-order valence-electron chi connectivity index (χ4n) is 5.83. The van der Waals surface area contributed by atoms with Crippen molar-refractivity contribution in [3.8, 4) is 0 Å². The molecule has 0 aliphatic heterocycles. The summed E-state index contributed by atoms with van der Waals surface area (Å²) < 4.78 is 9.27. The Balaban J connectivity index is -0.000000966. The Hall–Kier alpha value is -2.09. The van der Waals surface area contributed by atoms with Gasteiger partial charge in [-0.1, -0.05) is 168 Å². The minimum absolute atomic E-state index is 0. The van der Waals surface area contributed by atoms with E-state index in [1.54, 1.807) is 0 Å². The minimum atomic E-state index is -1.28. The number of hydrogen-bond donors (Lipinski definition) is 2. The van der Waals surface area contributed by atoms with Crippen LogP contribution in [0.15, 0.2) is 0 Å². The van der Waals surface area contributed by atoms with Crippen LogP contribution in [0.3, 0.4) is 0 Å². The molecule has 2 atom stereocenters. The molecule has 0 aromatic rings. The van der Waals surface area contributed by atoms with Crippen molar-refractivity contribution in [2.24, 2.45) is 11.5 Å². The topological polar surface area (TPSA) is 219 Å². The van der Waals surface area contributed by atoms with Crippen molar-refractivity contribution in [3.63, 3.8) is 0 Å². The number of carbonyl (C=O) groups is 6. The molecule has 0 fully saturated rings. The summed E-state index contributed by atoms with van der Waals surface area (Å²) in [4.78, 5) is 66.8. The number of unbranched alkanes of at least 4 members (excludes halogenated alkanes) is 24. The average molecular weight is 793 g/mol. The third-order valence-corrected chi connectivity index (χ3v) is 9.32. The molecule has 0 heterocycles. The summed E-state index contributed by atoms with van der Waals surface area (Å²) in [5.74, 6) is -5.47. The van der Waals surface area contributed by atoms with Crippen LogP contribution in [0.25, 0.3) is 0 Å². The number of rotatable bonds is 36. The summed E-state index contributed by atoms with van der Waals surface area (Å²) in [6, 6.07) is -2.20. The van der Waals surface area contributed by atoms with Crippen LogP contribution in [-0.2, 0) is 38.2 Å². The first-order valence-corrected chi connectivity index (χ1v) is 21.3. The number of esters is 4. The van der Waals surface area contributed by atoms with Gasteiger partial charge in [0.25, 0.3) is 0 Å². The van der Waals surface area contributed by atoms with Crippen molar-refractivity contribution in [1.82, 2.24) is 0 Å². The van der Waals surface area contributed by atoms with E-state index in [2.05, 4.69) is 23.3 Å². The molecule has 13 heteroatoms. The zero-order valence-corrected chi connectivity index (χ0v) is 36.1. The number of carbonyl (C=O) groups excluding carboxylic acids is 6. The van der Waals surface area contributed by atoms with Crippen molar-refractivity contribution < 1.29 is 48.5 Å². The van der Waals surface area contributed by atoms with Crippen molar-refractivity contribution in [1.29, 1.82) is 0 Å². The van der Waals surface area contributed by atoms with Gasteiger partial charge in [0.05, 0.1) is 0 Å². The fourth-order valence-corrected chi connectivity index (χ4v) is 5.83. The molecule has 0 rings (SSSR count). The maximum atomic E-state index is 11.6. The van der Waals surface area contributed by atoms with Gasteiger partial charge in [-0.2, -0.15) is 0 Å². The second-order valence-corrected chi connectivity index (χ2v) is 14.6. The molecule has 0 unspecified atom stereocenters. The van der Waals surface area contributed by atoms with Crippen molar-refractivity contribution in [2.75, 3.05) is 0 Å². The van der Waals surface area contributed by atoms with Gasteiger partial charge in [-0.25, -0.2) is 9.59 Å². The first kappa shape index (κ1) is 57.2. The van der Waals surface area contributed by atoms with Crippen LogP contribution in [0.1, 0.15) is 219 Å². The number of nitrogens with two attached hydrogens (primary N) is 2. The molecule has 0 aromatic heterocycles. The van der Waals surface area contributed by atoms with Crippen LogP contribution in [0.5, 0.6) is 0 Å². The average Bonchev–Trinajstić information content (AvgIpc) is 3.13. The molecule has 0 aromatic carbocycles. The molecule has 0 aliphatic carbocycles. The second kappa shape index (κ2) is 43.0. The monoisotopic (exact) mass is 793 g/mol. The van der Waals surface area contributed by atoms with Crippen molar-refractivity contribution >= 4 is 58.9 Å². The SMILES string of the molecule is CCCCCCCCCCCCCCCC(=O)OC(=O)[C@@H](N)CCC(=O)[O-].CCCCCCCCCCCCCCCC(=O)OC(=O)[C@@H](N)CCC(=O)[O-].[Mg+2]. The second-order valence-electron chi connectivity index (χ2n) is 14.6. The van der Waals surface area contributed by atoms with E-state index in [9.17, 15) is 39.0 Å². The maximum Gasteiger partial charge on any atom is 2.00 e. The van der Waals surface area contributed by atoms with Gasteiger partial charge in [0.1, 0.15) is 12.1 Å². The van der Waals surface area contributed by atoms with Gasteiger partial charge < -0.3 is 40.7 Å². The van der Waals surface area contributed by atoms with E-state index in [-0.39, 0.29) is 61.6 Å². The number of ether oxygens (including phenoxy) is 2. The fraction of sp³-hybridized carbons (Fsp3) is 0.857. The Morgan fingerprint density at radius 2 is 0.618 bits per heavy atom. The zero-order chi connectivity index (χ0) is 40.7. The van der Waals surface area contributed by atoms with Gasteiger partial charge >= 0.3 is 46.9 Å². The van der Waals surface area contributed by atoms with Crippen molar-refractivity contribution in [3.05, 3.63) is 0 Å². The van der Waals surface area contributed by atoms with Crippen LogP contribution in [-0.4, -0.2) is 71.0 Å². The summed E-state index contributed by atoms with van der Waals surface area (Å²) in [7, 11) is 0. The van der Waals surface area contributed by atoms with Gasteiger partial charge in [-0.15, -0.1) is 0 Å². The van der Waals surface area contributed by atoms with Gasteiger partial charge in [-0.3, -0.25) is 9.59 Å². The van der Waals surface area contributed by atoms with Crippen molar-refractivity contribution in [2.45, 2.75) is 231 Å². The van der Waals surface area contributed by atoms with E-state index in [1.165, 1.54) is 128 Å². The predicted octanol–water partition coefficient (Wildman–Crippen LogP) is 6.41. The van der Waals surface area contributed by atoms with Gasteiger partial charge in [0.2, 0.25) is 0 Å². The minimum Gasteiger partial charge on any atom is -0.550 e. The molecule has 0 bridgehead atoms. The van der Waals surface area contributed by atoms with E-state index in [0.717, 1.165) is 25.7 Å². The third-order valence-electron chi connectivity index (χ3n) is 9.32. The van der Waals surface area contributed by atoms with E-state index in [1.807, 2.05) is 0 Å². The molecule has 0 aliphatic rings. The zero-order valence-electron chi connectivity index (χ0n) is 34.7. The van der Waals surface area contributed by atoms with Gasteiger partial charge in [-0.05, 0) is 38.5 Å². The molecule has 0 saturated heterocycles. The summed E-state index contributed by atoms with van der Waals surface area (Å²) >= 11 is 0. The number of hydrogen-bond acceptors (Lipinski definition) is 12. The molecule has 0 radical (unpaired) electrons. The van der Waals surface area contributed by atoms with Crippen LogP contribution in [0, 0.1) is 0 Å². The Morgan fingerprint density at radius 3 is 0.836 bits per heavy atom. The molecule has 316 valence electrons. The quantitative estimate of drug-likeness (QED) is 0.0304. The molecule has 0 saturated carbocycles. The first-order chi connectivity index (χ1) is 25.9. The van der Waals surface area contributed by atoms with E-state index in [4.69, 9.17) is 11.5 Å². The van der Waals surface area contributed by atoms with E-state index in [0.29, 0.717) is 12.8 Å². The molecular weight excluding hydrogens is 717 g/mol. The Bertz CT molecular complexity index is 906. The van der Waals surface area contributed by atoms with Crippen LogP contribution >= 0.6 is 0 Å². The summed E-state index contributed by atoms with van der Waals surface area (Å²) in [6.07, 6.45) is 31.2. The molecule has 4 N–H and O–H groups in total. The maximum absolute atomic E-state index is 11.6. The Kier molecular flexibility index (Phi) is 44.8. The first-order valence-electron chi connectivity index (χ1n) is 21.3. The third kappa shape index (κ3) is 44.5. The number of carboxylic acids is 2. The standard InChI is InChI=1S/2C21H39NO5.Mg/c2*1-2-3-4-5-6-7-8-9-10-11-12-13-14-15-20(25)27-21(26)18(22)16-17-19(23)24;/h2*18H,2-17,22H2,1H3,(H,23,24);/q;;+2/p-2/t2*18-;/m00./s1. The molecular formula is C42H76MgN2O10. The predicted molar refractivity (Wildman–Crippen MR) is 213 cm³/mol. The van der Waals surface area contributed by atoms with Gasteiger partial charge in [0.15, 0.2) is 0 Å². The molecule has 0 spiro atoms.